The Hall–Kier alpha value is -0.280. The molecule has 4 heteroatoms. The smallest absolute Gasteiger partial charge is 0.219 e. The highest BCUT2D eigenvalue weighted by atomic mass is 35.5. The van der Waals surface area contributed by atoms with Crippen LogP contribution < -0.4 is 10.6 Å². The van der Waals surface area contributed by atoms with Crippen molar-refractivity contribution in [3.8, 4) is 0 Å². The van der Waals surface area contributed by atoms with Crippen LogP contribution in [-0.4, -0.2) is 25.5 Å². The van der Waals surface area contributed by atoms with Gasteiger partial charge in [-0.2, -0.15) is 0 Å². The lowest BCUT2D eigenvalue weighted by atomic mass is 9.86. The minimum atomic E-state index is 0. The van der Waals surface area contributed by atoms with Gasteiger partial charge in [-0.1, -0.05) is 32.1 Å². The summed E-state index contributed by atoms with van der Waals surface area (Å²) in [5.41, 5.74) is 0. The lowest BCUT2D eigenvalue weighted by Crippen LogP contribution is -2.26. The molecular weight excluding hydrogens is 272 g/mol. The Bertz CT molecular complexity index is 261. The molecule has 1 saturated carbocycles. The summed E-state index contributed by atoms with van der Waals surface area (Å²) in [5, 5.41) is 6.45. The Morgan fingerprint density at radius 2 is 1.85 bits per heavy atom. The molecule has 1 atom stereocenters. The third-order valence-corrected chi connectivity index (χ3v) is 4.78. The zero-order valence-corrected chi connectivity index (χ0v) is 13.5. The first kappa shape index (κ1) is 17.8. The van der Waals surface area contributed by atoms with E-state index >= 15 is 0 Å². The van der Waals surface area contributed by atoms with E-state index in [4.69, 9.17) is 0 Å². The predicted octanol–water partition coefficient (Wildman–Crippen LogP) is 3.27. The van der Waals surface area contributed by atoms with Crippen LogP contribution in [0.5, 0.6) is 0 Å². The zero-order valence-electron chi connectivity index (χ0n) is 12.7. The molecule has 118 valence electrons. The Morgan fingerprint density at radius 1 is 1.05 bits per heavy atom. The number of amides is 1. The molecule has 2 rings (SSSR count). The minimum absolute atomic E-state index is 0. The van der Waals surface area contributed by atoms with Gasteiger partial charge in [0.25, 0.3) is 0 Å². The van der Waals surface area contributed by atoms with Crippen LogP contribution in [-0.2, 0) is 4.79 Å². The molecule has 0 radical (unpaired) electrons. The number of hydrogen-bond acceptors (Lipinski definition) is 2. The van der Waals surface area contributed by atoms with E-state index in [1.165, 1.54) is 44.9 Å². The average molecular weight is 303 g/mol. The summed E-state index contributed by atoms with van der Waals surface area (Å²) in [6.07, 6.45) is 12.5. The first-order valence-corrected chi connectivity index (χ1v) is 8.32. The monoisotopic (exact) mass is 302 g/mol. The van der Waals surface area contributed by atoms with Gasteiger partial charge in [-0.15, -0.1) is 12.4 Å². The molecule has 0 aromatic heterocycles. The molecule has 1 saturated heterocycles. The summed E-state index contributed by atoms with van der Waals surface area (Å²) < 4.78 is 0. The van der Waals surface area contributed by atoms with Gasteiger partial charge in [0.2, 0.25) is 5.91 Å². The molecule has 3 nitrogen and oxygen atoms in total. The standard InChI is InChI=1S/C16H30N2O.ClH/c19-16(18-12-10-15-9-11-17-13-15)8-4-7-14-5-2-1-3-6-14;/h14-15,17H,1-13H2,(H,18,19);1H. The maximum atomic E-state index is 11.7. The molecule has 0 bridgehead atoms. The number of rotatable bonds is 7. The first-order valence-electron chi connectivity index (χ1n) is 8.32. The van der Waals surface area contributed by atoms with Gasteiger partial charge in [0.15, 0.2) is 0 Å². The maximum Gasteiger partial charge on any atom is 0.219 e. The molecule has 2 N–H and O–H groups in total. The van der Waals surface area contributed by atoms with Crippen molar-refractivity contribution < 1.29 is 4.79 Å². The van der Waals surface area contributed by atoms with Crippen molar-refractivity contribution in [3.05, 3.63) is 0 Å². The van der Waals surface area contributed by atoms with Crippen molar-refractivity contribution in [1.29, 1.82) is 0 Å². The van der Waals surface area contributed by atoms with Gasteiger partial charge in [-0.05, 0) is 50.6 Å². The van der Waals surface area contributed by atoms with Crippen LogP contribution in [0.3, 0.4) is 0 Å². The summed E-state index contributed by atoms with van der Waals surface area (Å²) in [5.74, 6) is 1.95. The number of halogens is 1. The van der Waals surface area contributed by atoms with Gasteiger partial charge in [0, 0.05) is 13.0 Å². The Labute approximate surface area is 130 Å². The van der Waals surface area contributed by atoms with E-state index < -0.39 is 0 Å². The Kier molecular flexibility index (Phi) is 9.28. The van der Waals surface area contributed by atoms with E-state index in [0.717, 1.165) is 50.7 Å². The quantitative estimate of drug-likeness (QED) is 0.758. The van der Waals surface area contributed by atoms with Gasteiger partial charge in [-0.3, -0.25) is 4.79 Å². The normalized spacial score (nSPS) is 23.3. The largest absolute Gasteiger partial charge is 0.356 e. The Morgan fingerprint density at radius 3 is 2.55 bits per heavy atom. The lowest BCUT2D eigenvalue weighted by Gasteiger charge is -2.21. The summed E-state index contributed by atoms with van der Waals surface area (Å²) in [6, 6.07) is 0. The van der Waals surface area contributed by atoms with Crippen molar-refractivity contribution in [1.82, 2.24) is 10.6 Å². The number of carbonyl (C=O) groups excluding carboxylic acids is 1. The molecule has 2 fully saturated rings. The summed E-state index contributed by atoms with van der Waals surface area (Å²) in [6.45, 7) is 3.16. The van der Waals surface area contributed by atoms with Gasteiger partial charge in [0.1, 0.15) is 0 Å². The van der Waals surface area contributed by atoms with Crippen LogP contribution in [0.15, 0.2) is 0 Å². The van der Waals surface area contributed by atoms with Gasteiger partial charge < -0.3 is 10.6 Å². The maximum absolute atomic E-state index is 11.7. The third kappa shape index (κ3) is 6.94. The first-order chi connectivity index (χ1) is 9.34. The fourth-order valence-electron chi connectivity index (χ4n) is 3.49. The fourth-order valence-corrected chi connectivity index (χ4v) is 3.49. The average Bonchev–Trinajstić information content (AvgIpc) is 2.93. The molecule has 1 unspecified atom stereocenters. The molecule has 0 aromatic carbocycles. The lowest BCUT2D eigenvalue weighted by molar-refractivity contribution is -0.121. The van der Waals surface area contributed by atoms with Gasteiger partial charge in [0.05, 0.1) is 0 Å². The van der Waals surface area contributed by atoms with E-state index in [-0.39, 0.29) is 18.3 Å². The summed E-state index contributed by atoms with van der Waals surface area (Å²) in [7, 11) is 0. The Balaban J connectivity index is 0.00000200. The summed E-state index contributed by atoms with van der Waals surface area (Å²) >= 11 is 0. The second-order valence-corrected chi connectivity index (χ2v) is 6.39. The van der Waals surface area contributed by atoms with Crippen LogP contribution in [0.2, 0.25) is 0 Å². The third-order valence-electron chi connectivity index (χ3n) is 4.78. The topological polar surface area (TPSA) is 41.1 Å². The molecule has 0 aromatic rings. The van der Waals surface area contributed by atoms with Crippen LogP contribution in [0.25, 0.3) is 0 Å². The van der Waals surface area contributed by atoms with E-state index in [9.17, 15) is 4.79 Å². The summed E-state index contributed by atoms with van der Waals surface area (Å²) in [4.78, 5) is 11.7. The molecule has 20 heavy (non-hydrogen) atoms. The minimum Gasteiger partial charge on any atom is -0.356 e. The number of nitrogens with one attached hydrogen (secondary N) is 2. The van der Waals surface area contributed by atoms with Crippen molar-refractivity contribution >= 4 is 18.3 Å². The highest BCUT2D eigenvalue weighted by Gasteiger charge is 2.15. The highest BCUT2D eigenvalue weighted by Crippen LogP contribution is 2.27. The molecule has 1 amide bonds. The van der Waals surface area contributed by atoms with Crippen molar-refractivity contribution in [3.63, 3.8) is 0 Å². The van der Waals surface area contributed by atoms with Gasteiger partial charge >= 0.3 is 0 Å². The molecule has 2 aliphatic rings. The second-order valence-electron chi connectivity index (χ2n) is 6.39. The van der Waals surface area contributed by atoms with E-state index in [0.29, 0.717) is 0 Å². The molecule has 1 aliphatic carbocycles. The van der Waals surface area contributed by atoms with E-state index in [1.807, 2.05) is 0 Å². The molecule has 1 aliphatic heterocycles. The zero-order chi connectivity index (χ0) is 13.3. The van der Waals surface area contributed by atoms with E-state index in [2.05, 4.69) is 10.6 Å². The van der Waals surface area contributed by atoms with Crippen LogP contribution >= 0.6 is 12.4 Å². The van der Waals surface area contributed by atoms with Crippen molar-refractivity contribution in [2.45, 2.75) is 64.2 Å². The fraction of sp³-hybridized carbons (Fsp3) is 0.938. The van der Waals surface area contributed by atoms with Gasteiger partial charge in [-0.25, -0.2) is 0 Å². The number of carbonyl (C=O) groups is 1. The SMILES string of the molecule is Cl.O=C(CCCC1CCCCC1)NCCC1CCNC1. The van der Waals surface area contributed by atoms with Crippen molar-refractivity contribution in [2.24, 2.45) is 11.8 Å². The second kappa shape index (κ2) is 10.4. The van der Waals surface area contributed by atoms with Crippen LogP contribution in [0.1, 0.15) is 64.2 Å². The van der Waals surface area contributed by atoms with E-state index in [1.54, 1.807) is 0 Å². The predicted molar refractivity (Wildman–Crippen MR) is 86.3 cm³/mol. The molecular formula is C16H31ClN2O. The molecule has 0 spiro atoms. The van der Waals surface area contributed by atoms with Crippen LogP contribution in [0, 0.1) is 11.8 Å². The molecule has 1 heterocycles. The van der Waals surface area contributed by atoms with Crippen molar-refractivity contribution in [2.75, 3.05) is 19.6 Å². The number of hydrogen-bond donors (Lipinski definition) is 2. The van der Waals surface area contributed by atoms with Crippen LogP contribution in [0.4, 0.5) is 0 Å². The highest BCUT2D eigenvalue weighted by molar-refractivity contribution is 5.85.